The first-order chi connectivity index (χ1) is 11.4. The van der Waals surface area contributed by atoms with Crippen molar-refractivity contribution in [1.82, 2.24) is 4.72 Å². The molecule has 0 bridgehead atoms. The van der Waals surface area contributed by atoms with E-state index < -0.39 is 21.9 Å². The molecule has 1 atom stereocenters. The van der Waals surface area contributed by atoms with Gasteiger partial charge in [0.1, 0.15) is 11.9 Å². The lowest BCUT2D eigenvalue weighted by Crippen LogP contribution is -2.41. The van der Waals surface area contributed by atoms with E-state index in [0.717, 1.165) is 0 Å². The van der Waals surface area contributed by atoms with Gasteiger partial charge >= 0.3 is 0 Å². The molecular weight excluding hydrogens is 399 g/mol. The van der Waals surface area contributed by atoms with Crippen LogP contribution in [0, 0.1) is 5.82 Å². The van der Waals surface area contributed by atoms with E-state index in [2.05, 4.69) is 20.7 Å². The topological polar surface area (TPSA) is 66.5 Å². The van der Waals surface area contributed by atoms with Crippen molar-refractivity contribution in [3.8, 4) is 0 Å². The van der Waals surface area contributed by atoms with Crippen LogP contribution in [0.4, 0.5) is 10.1 Å². The molecular formula is C16H14BrFN2O3S. The normalized spacial score (nSPS) is 18.2. The average Bonchev–Trinajstić information content (AvgIpc) is 2.89. The molecule has 1 N–H and O–H groups in total. The summed E-state index contributed by atoms with van der Waals surface area (Å²) in [6, 6.07) is 11.0. The van der Waals surface area contributed by atoms with Gasteiger partial charge in [-0.15, -0.1) is 0 Å². The van der Waals surface area contributed by atoms with Crippen LogP contribution in [-0.4, -0.2) is 26.9 Å². The van der Waals surface area contributed by atoms with E-state index in [1.807, 2.05) is 0 Å². The van der Waals surface area contributed by atoms with E-state index >= 15 is 0 Å². The summed E-state index contributed by atoms with van der Waals surface area (Å²) >= 11 is 3.23. The highest BCUT2D eigenvalue weighted by atomic mass is 79.9. The quantitative estimate of drug-likeness (QED) is 0.839. The minimum absolute atomic E-state index is 0.0879. The Morgan fingerprint density at radius 2 is 1.88 bits per heavy atom. The van der Waals surface area contributed by atoms with Gasteiger partial charge in [-0.25, -0.2) is 12.8 Å². The van der Waals surface area contributed by atoms with Crippen LogP contribution in [0.5, 0.6) is 0 Å². The van der Waals surface area contributed by atoms with Gasteiger partial charge in [0, 0.05) is 16.7 Å². The number of amides is 1. The molecule has 8 heteroatoms. The molecule has 2 aromatic rings. The number of carbonyl (C=O) groups excluding carboxylic acids is 1. The second kappa shape index (κ2) is 6.62. The van der Waals surface area contributed by atoms with Crippen molar-refractivity contribution >= 4 is 37.5 Å². The molecule has 2 aromatic carbocycles. The Labute approximate surface area is 147 Å². The first-order valence-electron chi connectivity index (χ1n) is 7.22. The fourth-order valence-electron chi connectivity index (χ4n) is 2.56. The van der Waals surface area contributed by atoms with Crippen LogP contribution >= 0.6 is 15.9 Å². The van der Waals surface area contributed by atoms with Crippen LogP contribution in [0.15, 0.2) is 57.9 Å². The van der Waals surface area contributed by atoms with Gasteiger partial charge in [-0.05, 0) is 48.9 Å². The summed E-state index contributed by atoms with van der Waals surface area (Å²) in [5, 5.41) is 0. The van der Waals surface area contributed by atoms with Gasteiger partial charge < -0.3 is 4.90 Å². The zero-order valence-electron chi connectivity index (χ0n) is 12.4. The number of hydrogen-bond donors (Lipinski definition) is 1. The van der Waals surface area contributed by atoms with Crippen LogP contribution in [0.1, 0.15) is 6.42 Å². The molecule has 0 aliphatic carbocycles. The van der Waals surface area contributed by atoms with Crippen molar-refractivity contribution in [2.24, 2.45) is 0 Å². The summed E-state index contributed by atoms with van der Waals surface area (Å²) in [6.07, 6.45) is 0.351. The summed E-state index contributed by atoms with van der Waals surface area (Å²) in [4.78, 5) is 14.0. The summed E-state index contributed by atoms with van der Waals surface area (Å²) < 4.78 is 40.9. The molecule has 0 radical (unpaired) electrons. The second-order valence-electron chi connectivity index (χ2n) is 5.39. The molecule has 0 aromatic heterocycles. The smallest absolute Gasteiger partial charge is 0.245 e. The maximum absolute atomic E-state index is 13.0. The molecule has 1 saturated heterocycles. The van der Waals surface area contributed by atoms with Crippen LogP contribution in [0.2, 0.25) is 0 Å². The third kappa shape index (κ3) is 3.50. The number of nitrogens with one attached hydrogen (secondary N) is 1. The number of anilines is 1. The van der Waals surface area contributed by atoms with E-state index in [-0.39, 0.29) is 10.8 Å². The maximum atomic E-state index is 13.0. The van der Waals surface area contributed by atoms with E-state index in [0.29, 0.717) is 23.1 Å². The van der Waals surface area contributed by atoms with Gasteiger partial charge in [-0.2, -0.15) is 4.72 Å². The monoisotopic (exact) mass is 412 g/mol. The van der Waals surface area contributed by atoms with Crippen LogP contribution in [0.25, 0.3) is 0 Å². The summed E-state index contributed by atoms with van der Waals surface area (Å²) in [7, 11) is -3.80. The van der Waals surface area contributed by atoms with Gasteiger partial charge in [-0.1, -0.05) is 22.0 Å². The van der Waals surface area contributed by atoms with Gasteiger partial charge in [0.2, 0.25) is 15.9 Å². The number of halogens is 2. The number of hydrogen-bond acceptors (Lipinski definition) is 3. The second-order valence-corrected chi connectivity index (χ2v) is 8.02. The Bertz CT molecular complexity index is 871. The van der Waals surface area contributed by atoms with E-state index in [1.165, 1.54) is 41.3 Å². The minimum Gasteiger partial charge on any atom is -0.311 e. The number of sulfonamides is 1. The first-order valence-corrected chi connectivity index (χ1v) is 9.49. The molecule has 0 saturated carbocycles. The SMILES string of the molecule is O=C1[C@H](NS(=O)(=O)c2cccc(Br)c2)CCN1c1ccc(F)cc1. The molecule has 1 aliphatic heterocycles. The zero-order chi connectivity index (χ0) is 17.3. The standard InChI is InChI=1S/C16H14BrFN2O3S/c17-11-2-1-3-14(10-11)24(22,23)19-15-8-9-20(16(15)21)13-6-4-12(18)5-7-13/h1-7,10,15,19H,8-9H2/t15-/m1/s1. The van der Waals surface area contributed by atoms with E-state index in [1.54, 1.807) is 12.1 Å². The minimum atomic E-state index is -3.80. The maximum Gasteiger partial charge on any atom is 0.245 e. The lowest BCUT2D eigenvalue weighted by molar-refractivity contribution is -0.118. The fourth-order valence-corrected chi connectivity index (χ4v) is 4.38. The van der Waals surface area contributed by atoms with Crippen LogP contribution < -0.4 is 9.62 Å². The number of carbonyl (C=O) groups is 1. The Morgan fingerprint density at radius 1 is 1.17 bits per heavy atom. The molecule has 5 nitrogen and oxygen atoms in total. The molecule has 1 aliphatic rings. The van der Waals surface area contributed by atoms with Crippen molar-refractivity contribution in [3.05, 3.63) is 58.8 Å². The van der Waals surface area contributed by atoms with Gasteiger partial charge in [-0.3, -0.25) is 4.79 Å². The predicted molar refractivity (Wildman–Crippen MR) is 91.6 cm³/mol. The van der Waals surface area contributed by atoms with Crippen molar-refractivity contribution < 1.29 is 17.6 Å². The number of nitrogens with zero attached hydrogens (tertiary/aromatic N) is 1. The van der Waals surface area contributed by atoms with Crippen LogP contribution in [0.3, 0.4) is 0 Å². The van der Waals surface area contributed by atoms with Crippen molar-refractivity contribution in [2.45, 2.75) is 17.4 Å². The molecule has 1 heterocycles. The molecule has 3 rings (SSSR count). The van der Waals surface area contributed by atoms with Gasteiger partial charge in [0.05, 0.1) is 4.90 Å². The molecule has 1 amide bonds. The summed E-state index contributed by atoms with van der Waals surface area (Å²) in [5.41, 5.74) is 0.547. The largest absolute Gasteiger partial charge is 0.311 e. The summed E-state index contributed by atoms with van der Waals surface area (Å²) in [6.45, 7) is 0.371. The molecule has 0 spiro atoms. The average molecular weight is 413 g/mol. The summed E-state index contributed by atoms with van der Waals surface area (Å²) in [5.74, 6) is -0.738. The van der Waals surface area contributed by atoms with E-state index in [9.17, 15) is 17.6 Å². The number of rotatable bonds is 4. The Balaban J connectivity index is 1.77. The Kier molecular flexibility index (Phi) is 4.71. The lowest BCUT2D eigenvalue weighted by Gasteiger charge is -2.17. The van der Waals surface area contributed by atoms with Crippen molar-refractivity contribution in [3.63, 3.8) is 0 Å². The molecule has 24 heavy (non-hydrogen) atoms. The third-order valence-corrected chi connectivity index (χ3v) is 5.71. The Hall–Kier alpha value is -1.77. The highest BCUT2D eigenvalue weighted by Gasteiger charge is 2.35. The van der Waals surface area contributed by atoms with Crippen molar-refractivity contribution in [1.29, 1.82) is 0 Å². The van der Waals surface area contributed by atoms with Crippen LogP contribution in [-0.2, 0) is 14.8 Å². The van der Waals surface area contributed by atoms with Crippen molar-refractivity contribution in [2.75, 3.05) is 11.4 Å². The highest BCUT2D eigenvalue weighted by molar-refractivity contribution is 9.10. The fraction of sp³-hybridized carbons (Fsp3) is 0.188. The van der Waals surface area contributed by atoms with E-state index in [4.69, 9.17) is 0 Å². The molecule has 126 valence electrons. The molecule has 0 unspecified atom stereocenters. The van der Waals surface area contributed by atoms with Gasteiger partial charge in [0.25, 0.3) is 0 Å². The van der Waals surface area contributed by atoms with Gasteiger partial charge in [0.15, 0.2) is 0 Å². The first kappa shape index (κ1) is 17.1. The zero-order valence-corrected chi connectivity index (χ0v) is 14.8. The lowest BCUT2D eigenvalue weighted by atomic mass is 10.3. The Morgan fingerprint density at radius 3 is 2.54 bits per heavy atom. The third-order valence-electron chi connectivity index (χ3n) is 3.75. The number of benzene rings is 2. The molecule has 1 fully saturated rings. The highest BCUT2D eigenvalue weighted by Crippen LogP contribution is 2.23. The predicted octanol–water partition coefficient (Wildman–Crippen LogP) is 2.67.